The molecule has 3 aromatic rings. The van der Waals surface area contributed by atoms with Gasteiger partial charge in [0.1, 0.15) is 5.69 Å². The van der Waals surface area contributed by atoms with Crippen LogP contribution < -0.4 is 5.32 Å². The summed E-state index contributed by atoms with van der Waals surface area (Å²) in [5, 5.41) is 3.72. The van der Waals surface area contributed by atoms with E-state index in [0.717, 1.165) is 5.39 Å². The zero-order chi connectivity index (χ0) is 21.9. The van der Waals surface area contributed by atoms with Gasteiger partial charge < -0.3 is 10.1 Å². The van der Waals surface area contributed by atoms with Gasteiger partial charge in [-0.05, 0) is 43.3 Å². The fraction of sp³-hybridized carbons (Fsp3) is 0.250. The van der Waals surface area contributed by atoms with Gasteiger partial charge in [-0.1, -0.05) is 45.0 Å². The number of amides is 1. The van der Waals surface area contributed by atoms with Gasteiger partial charge in [0, 0.05) is 22.1 Å². The van der Waals surface area contributed by atoms with Crippen molar-refractivity contribution >= 4 is 34.3 Å². The lowest BCUT2D eigenvalue weighted by molar-refractivity contribution is -0.123. The number of ketones is 1. The van der Waals surface area contributed by atoms with E-state index in [2.05, 4.69) is 10.3 Å². The van der Waals surface area contributed by atoms with Gasteiger partial charge in [-0.15, -0.1) is 0 Å². The molecule has 1 N–H and O–H groups in total. The molecule has 1 heterocycles. The van der Waals surface area contributed by atoms with Crippen molar-refractivity contribution in [2.45, 2.75) is 33.8 Å². The van der Waals surface area contributed by atoms with Crippen molar-refractivity contribution in [3.05, 3.63) is 71.9 Å². The monoisotopic (exact) mass is 404 g/mol. The maximum Gasteiger partial charge on any atom is 0.357 e. The van der Waals surface area contributed by atoms with Gasteiger partial charge in [0.2, 0.25) is 11.7 Å². The van der Waals surface area contributed by atoms with Crippen LogP contribution in [0.3, 0.4) is 0 Å². The van der Waals surface area contributed by atoms with Crippen LogP contribution in [0.5, 0.6) is 0 Å². The van der Waals surface area contributed by atoms with E-state index in [4.69, 9.17) is 4.74 Å². The molecule has 0 saturated heterocycles. The highest BCUT2D eigenvalue weighted by Crippen LogP contribution is 2.19. The summed E-state index contributed by atoms with van der Waals surface area (Å²) in [6, 6.07) is 17.3. The molecule has 0 bridgehead atoms. The van der Waals surface area contributed by atoms with Crippen LogP contribution in [0.25, 0.3) is 10.9 Å². The van der Waals surface area contributed by atoms with Gasteiger partial charge >= 0.3 is 5.97 Å². The molecule has 154 valence electrons. The number of carbonyl (C=O) groups is 3. The van der Waals surface area contributed by atoms with Crippen LogP contribution in [-0.4, -0.2) is 28.7 Å². The van der Waals surface area contributed by atoms with Crippen LogP contribution in [0.15, 0.2) is 60.7 Å². The summed E-state index contributed by atoms with van der Waals surface area (Å²) in [7, 11) is 0. The molecule has 6 heteroatoms. The molecule has 30 heavy (non-hydrogen) atoms. The number of anilines is 1. The lowest BCUT2D eigenvalue weighted by Gasteiger charge is -2.18. The van der Waals surface area contributed by atoms with Gasteiger partial charge in [0.05, 0.1) is 5.52 Å². The van der Waals surface area contributed by atoms with Crippen molar-refractivity contribution < 1.29 is 19.1 Å². The highest BCUT2D eigenvalue weighted by Gasteiger charge is 2.23. The van der Waals surface area contributed by atoms with Crippen LogP contribution in [0.4, 0.5) is 5.69 Å². The van der Waals surface area contributed by atoms with Crippen LogP contribution in [0, 0.1) is 5.41 Å². The third kappa shape index (κ3) is 4.89. The number of nitrogens with one attached hydrogen (secondary N) is 1. The van der Waals surface area contributed by atoms with Gasteiger partial charge in [-0.3, -0.25) is 9.59 Å². The Morgan fingerprint density at radius 2 is 1.60 bits per heavy atom. The average molecular weight is 404 g/mol. The van der Waals surface area contributed by atoms with E-state index in [1.807, 2.05) is 39.0 Å². The van der Waals surface area contributed by atoms with E-state index in [1.54, 1.807) is 42.5 Å². The third-order valence-electron chi connectivity index (χ3n) is 4.57. The molecule has 6 nitrogen and oxygen atoms in total. The first-order valence-electron chi connectivity index (χ1n) is 9.67. The number of Topliss-reactive ketones (excluding diaryl/α,β-unsaturated/α-hetero) is 1. The van der Waals surface area contributed by atoms with Crippen molar-refractivity contribution in [2.75, 3.05) is 5.32 Å². The molecule has 0 radical (unpaired) electrons. The average Bonchev–Trinajstić information content (AvgIpc) is 2.72. The molecular weight excluding hydrogens is 380 g/mol. The molecule has 0 spiro atoms. The first-order chi connectivity index (χ1) is 14.1. The number of fused-ring (bicyclic) bond motifs is 1. The zero-order valence-electron chi connectivity index (χ0n) is 17.4. The van der Waals surface area contributed by atoms with Crippen LogP contribution in [0.1, 0.15) is 48.5 Å². The first-order valence-corrected chi connectivity index (χ1v) is 9.67. The maximum atomic E-state index is 12.6. The molecule has 3 rings (SSSR count). The SMILES string of the molecule is C[C@@H](OC(=O)c1ccc2ccccc2n1)C(=O)c1ccc(NC(=O)C(C)(C)C)cc1. The Hall–Kier alpha value is -3.54. The summed E-state index contributed by atoms with van der Waals surface area (Å²) in [6.45, 7) is 6.98. The normalized spacial score (nSPS) is 12.3. The van der Waals surface area contributed by atoms with Crippen molar-refractivity contribution in [3.63, 3.8) is 0 Å². The van der Waals surface area contributed by atoms with E-state index < -0.39 is 17.5 Å². The predicted molar refractivity (Wildman–Crippen MR) is 115 cm³/mol. The topological polar surface area (TPSA) is 85.4 Å². The fourth-order valence-corrected chi connectivity index (χ4v) is 2.73. The summed E-state index contributed by atoms with van der Waals surface area (Å²) >= 11 is 0. The smallest absolute Gasteiger partial charge is 0.357 e. The molecule has 0 aliphatic rings. The van der Waals surface area contributed by atoms with Gasteiger partial charge in [-0.2, -0.15) is 0 Å². The van der Waals surface area contributed by atoms with Crippen molar-refractivity contribution in [3.8, 4) is 0 Å². The largest absolute Gasteiger partial charge is 0.450 e. The highest BCUT2D eigenvalue weighted by molar-refractivity contribution is 6.02. The van der Waals surface area contributed by atoms with E-state index in [0.29, 0.717) is 16.8 Å². The fourth-order valence-electron chi connectivity index (χ4n) is 2.73. The number of para-hydroxylation sites is 1. The number of hydrogen-bond donors (Lipinski definition) is 1. The maximum absolute atomic E-state index is 12.6. The Balaban J connectivity index is 1.66. The molecule has 0 saturated carbocycles. The summed E-state index contributed by atoms with van der Waals surface area (Å²) in [6.07, 6.45) is -0.971. The van der Waals surface area contributed by atoms with Crippen LogP contribution in [0.2, 0.25) is 0 Å². The van der Waals surface area contributed by atoms with E-state index in [-0.39, 0.29) is 17.4 Å². The minimum Gasteiger partial charge on any atom is -0.450 e. The summed E-state index contributed by atoms with van der Waals surface area (Å²) < 4.78 is 5.32. The Kier molecular flexibility index (Phi) is 5.96. The van der Waals surface area contributed by atoms with Crippen LogP contribution in [-0.2, 0) is 9.53 Å². The number of rotatable bonds is 5. The van der Waals surface area contributed by atoms with Gasteiger partial charge in [0.15, 0.2) is 6.10 Å². The highest BCUT2D eigenvalue weighted by atomic mass is 16.5. The summed E-state index contributed by atoms with van der Waals surface area (Å²) in [5.41, 5.74) is 1.29. The molecule has 0 unspecified atom stereocenters. The molecule has 1 amide bonds. The lowest BCUT2D eigenvalue weighted by atomic mass is 9.95. The van der Waals surface area contributed by atoms with Crippen LogP contribution >= 0.6 is 0 Å². The zero-order valence-corrected chi connectivity index (χ0v) is 17.4. The number of benzene rings is 2. The van der Waals surface area contributed by atoms with Gasteiger partial charge in [0.25, 0.3) is 0 Å². The molecule has 0 aliphatic heterocycles. The number of hydrogen-bond acceptors (Lipinski definition) is 5. The van der Waals surface area contributed by atoms with Crippen molar-refractivity contribution in [1.29, 1.82) is 0 Å². The van der Waals surface area contributed by atoms with E-state index in [1.165, 1.54) is 6.92 Å². The number of esters is 1. The quantitative estimate of drug-likeness (QED) is 0.494. The predicted octanol–water partition coefficient (Wildman–Crippen LogP) is 4.65. The molecular formula is C24H24N2O4. The van der Waals surface area contributed by atoms with E-state index in [9.17, 15) is 14.4 Å². The first kappa shape index (κ1) is 21.2. The second-order valence-electron chi connectivity index (χ2n) is 8.08. The Morgan fingerprint density at radius 1 is 0.933 bits per heavy atom. The molecule has 2 aromatic carbocycles. The van der Waals surface area contributed by atoms with Crippen molar-refractivity contribution in [2.24, 2.45) is 5.41 Å². The number of pyridine rings is 1. The molecule has 1 atom stereocenters. The Bertz CT molecular complexity index is 1100. The number of aromatic nitrogens is 1. The minimum absolute atomic E-state index is 0.119. The molecule has 0 aliphatic carbocycles. The Morgan fingerprint density at radius 3 is 2.27 bits per heavy atom. The minimum atomic E-state index is -0.971. The van der Waals surface area contributed by atoms with Crippen molar-refractivity contribution in [1.82, 2.24) is 4.98 Å². The standard InChI is InChI=1S/C24H24N2O4/c1-15(30-22(28)20-14-11-16-7-5-6-8-19(16)26-20)21(27)17-9-12-18(13-10-17)25-23(29)24(2,3)4/h5-15H,1-4H3,(H,25,29)/t15-/m1/s1. The summed E-state index contributed by atoms with van der Waals surface area (Å²) in [4.78, 5) is 41.4. The second-order valence-corrected chi connectivity index (χ2v) is 8.08. The lowest BCUT2D eigenvalue weighted by Crippen LogP contribution is -2.27. The molecule has 0 fully saturated rings. The number of ether oxygens (including phenoxy) is 1. The number of nitrogens with zero attached hydrogens (tertiary/aromatic N) is 1. The number of carbonyl (C=O) groups excluding carboxylic acids is 3. The van der Waals surface area contributed by atoms with E-state index >= 15 is 0 Å². The Labute approximate surface area is 175 Å². The second kappa shape index (κ2) is 8.45. The van der Waals surface area contributed by atoms with Gasteiger partial charge in [-0.25, -0.2) is 9.78 Å². The third-order valence-corrected chi connectivity index (χ3v) is 4.57. The summed E-state index contributed by atoms with van der Waals surface area (Å²) in [5.74, 6) is -1.11. The molecule has 1 aromatic heterocycles.